The van der Waals surface area contributed by atoms with E-state index in [1.165, 1.54) is 4.88 Å². The molecule has 0 saturated carbocycles. The molecule has 1 saturated heterocycles. The number of nitrogens with one attached hydrogen (secondary N) is 2. The number of rotatable bonds is 7. The fourth-order valence-corrected chi connectivity index (χ4v) is 3.99. The predicted molar refractivity (Wildman–Crippen MR) is 123 cm³/mol. The van der Waals surface area contributed by atoms with Crippen LogP contribution in [0.15, 0.2) is 22.5 Å². The van der Waals surface area contributed by atoms with E-state index in [0.29, 0.717) is 0 Å². The number of guanidine groups is 1. The van der Waals surface area contributed by atoms with Gasteiger partial charge in [0.2, 0.25) is 0 Å². The molecule has 2 heterocycles. The van der Waals surface area contributed by atoms with Crippen LogP contribution in [0.5, 0.6) is 0 Å². The summed E-state index contributed by atoms with van der Waals surface area (Å²) in [6, 6.07) is 4.31. The van der Waals surface area contributed by atoms with Gasteiger partial charge in [0.1, 0.15) is 0 Å². The lowest BCUT2D eigenvalue weighted by Crippen LogP contribution is -2.57. The predicted octanol–water partition coefficient (Wildman–Crippen LogP) is 3.31. The van der Waals surface area contributed by atoms with E-state index in [1.54, 1.807) is 11.3 Å². The molecule has 0 bridgehead atoms. The van der Waals surface area contributed by atoms with Gasteiger partial charge in [0.15, 0.2) is 5.96 Å². The van der Waals surface area contributed by atoms with Crippen molar-refractivity contribution in [1.29, 1.82) is 0 Å². The molecule has 1 aromatic rings. The summed E-state index contributed by atoms with van der Waals surface area (Å²) >= 11 is 1.80. The fraction of sp³-hybridized carbons (Fsp3) is 0.737. The number of halogens is 1. The molecule has 1 aliphatic heterocycles. The maximum Gasteiger partial charge on any atom is 0.191 e. The third kappa shape index (κ3) is 6.35. The summed E-state index contributed by atoms with van der Waals surface area (Å²) in [5.41, 5.74) is 0.187. The number of nitrogens with zero attached hydrogens (tertiary/aromatic N) is 2. The highest BCUT2D eigenvalue weighted by atomic mass is 127. The number of aliphatic imine (C=N–C) groups is 1. The van der Waals surface area contributed by atoms with Crippen LogP contribution in [-0.2, 0) is 10.2 Å². The van der Waals surface area contributed by atoms with Crippen molar-refractivity contribution >= 4 is 41.3 Å². The zero-order chi connectivity index (χ0) is 18.3. The number of hydrogen-bond donors (Lipinski definition) is 2. The first-order valence-corrected chi connectivity index (χ1v) is 10.1. The minimum absolute atomic E-state index is 0. The molecule has 0 amide bonds. The molecule has 1 aliphatic rings. The van der Waals surface area contributed by atoms with E-state index >= 15 is 0 Å². The highest BCUT2D eigenvalue weighted by Gasteiger charge is 2.34. The quantitative estimate of drug-likeness (QED) is 0.347. The third-order valence-electron chi connectivity index (χ3n) is 5.12. The van der Waals surface area contributed by atoms with E-state index in [4.69, 9.17) is 9.73 Å². The van der Waals surface area contributed by atoms with E-state index < -0.39 is 0 Å². The average Bonchev–Trinajstić information content (AvgIpc) is 3.14. The zero-order valence-corrected chi connectivity index (χ0v) is 19.9. The van der Waals surface area contributed by atoms with Gasteiger partial charge in [-0.1, -0.05) is 19.9 Å². The highest BCUT2D eigenvalue weighted by molar-refractivity contribution is 14.0. The normalized spacial score (nSPS) is 17.7. The number of ether oxygens (including phenoxy) is 1. The van der Waals surface area contributed by atoms with Crippen molar-refractivity contribution in [1.82, 2.24) is 15.5 Å². The summed E-state index contributed by atoms with van der Waals surface area (Å²) in [6.45, 7) is 10.8. The van der Waals surface area contributed by atoms with Crippen LogP contribution in [0.1, 0.15) is 38.5 Å². The lowest BCUT2D eigenvalue weighted by molar-refractivity contribution is -0.00501. The number of thiophene rings is 1. The number of likely N-dealkylation sites (N-methyl/N-ethyl adjacent to an activating group) is 1. The molecule has 0 atom stereocenters. The van der Waals surface area contributed by atoms with Gasteiger partial charge >= 0.3 is 0 Å². The first kappa shape index (κ1) is 23.7. The molecule has 150 valence electrons. The molecule has 5 nitrogen and oxygen atoms in total. The van der Waals surface area contributed by atoms with Gasteiger partial charge in [0, 0.05) is 42.1 Å². The van der Waals surface area contributed by atoms with Gasteiger partial charge in [-0.3, -0.25) is 4.99 Å². The van der Waals surface area contributed by atoms with Crippen molar-refractivity contribution in [3.63, 3.8) is 0 Å². The SMILES string of the molecule is CCNC(=NCC(C)(C)c1cccs1)NCC1(N(C)C)CCOCC1.I. The molecule has 0 aromatic carbocycles. The van der Waals surface area contributed by atoms with Crippen LogP contribution in [0.25, 0.3) is 0 Å². The Morgan fingerprint density at radius 3 is 2.54 bits per heavy atom. The lowest BCUT2D eigenvalue weighted by Gasteiger charge is -2.43. The second-order valence-corrected chi connectivity index (χ2v) is 8.59. The molecule has 0 aliphatic carbocycles. The highest BCUT2D eigenvalue weighted by Crippen LogP contribution is 2.28. The van der Waals surface area contributed by atoms with E-state index in [9.17, 15) is 0 Å². The molecule has 0 spiro atoms. The Morgan fingerprint density at radius 2 is 2.00 bits per heavy atom. The zero-order valence-electron chi connectivity index (χ0n) is 16.8. The van der Waals surface area contributed by atoms with Gasteiger partial charge in [-0.05, 0) is 45.3 Å². The van der Waals surface area contributed by atoms with Crippen LogP contribution in [0.3, 0.4) is 0 Å². The van der Waals surface area contributed by atoms with Crippen LogP contribution < -0.4 is 10.6 Å². The monoisotopic (exact) mass is 494 g/mol. The van der Waals surface area contributed by atoms with Gasteiger partial charge in [0.05, 0.1) is 6.54 Å². The van der Waals surface area contributed by atoms with E-state index in [-0.39, 0.29) is 34.9 Å². The van der Waals surface area contributed by atoms with Gasteiger partial charge in [-0.15, -0.1) is 35.3 Å². The van der Waals surface area contributed by atoms with Crippen LogP contribution in [0.4, 0.5) is 0 Å². The molecule has 1 fully saturated rings. The first-order valence-electron chi connectivity index (χ1n) is 9.21. The summed E-state index contributed by atoms with van der Waals surface area (Å²) in [6.07, 6.45) is 2.10. The Balaban J connectivity index is 0.00000338. The molecule has 2 rings (SSSR count). The van der Waals surface area contributed by atoms with Crippen LogP contribution >= 0.6 is 35.3 Å². The maximum absolute atomic E-state index is 5.56. The van der Waals surface area contributed by atoms with Gasteiger partial charge in [-0.25, -0.2) is 0 Å². The maximum atomic E-state index is 5.56. The summed E-state index contributed by atoms with van der Waals surface area (Å²) in [4.78, 5) is 8.58. The summed E-state index contributed by atoms with van der Waals surface area (Å²) in [5.74, 6) is 0.903. The summed E-state index contributed by atoms with van der Waals surface area (Å²) in [5, 5.41) is 9.10. The second-order valence-electron chi connectivity index (χ2n) is 7.64. The minimum atomic E-state index is 0. The van der Waals surface area contributed by atoms with E-state index in [2.05, 4.69) is 67.9 Å². The molecule has 26 heavy (non-hydrogen) atoms. The molecular formula is C19H35IN4OS. The van der Waals surface area contributed by atoms with E-state index in [0.717, 1.165) is 51.6 Å². The Labute approximate surface area is 180 Å². The van der Waals surface area contributed by atoms with E-state index in [1.807, 2.05) is 0 Å². The molecule has 2 N–H and O–H groups in total. The Kier molecular flexibility index (Phi) is 9.85. The molecule has 7 heteroatoms. The molecule has 0 unspecified atom stereocenters. The van der Waals surface area contributed by atoms with Crippen molar-refractivity contribution in [2.24, 2.45) is 4.99 Å². The van der Waals surface area contributed by atoms with Crippen LogP contribution in [0, 0.1) is 0 Å². The topological polar surface area (TPSA) is 48.9 Å². The summed E-state index contributed by atoms with van der Waals surface area (Å²) < 4.78 is 5.56. The van der Waals surface area contributed by atoms with Crippen molar-refractivity contribution in [2.45, 2.75) is 44.6 Å². The Hall–Kier alpha value is -0.380. The fourth-order valence-electron chi connectivity index (χ4n) is 3.14. The van der Waals surface area contributed by atoms with Crippen molar-refractivity contribution in [3.05, 3.63) is 22.4 Å². The minimum Gasteiger partial charge on any atom is -0.381 e. The average molecular weight is 494 g/mol. The standard InChI is InChI=1S/C19H34N4OS.HI/c1-6-20-17(21-14-18(2,3)16-8-7-13-25-16)22-15-19(23(4)5)9-11-24-12-10-19;/h7-8,13H,6,9-12,14-15H2,1-5H3,(H2,20,21,22);1H. The molecular weight excluding hydrogens is 459 g/mol. The summed E-state index contributed by atoms with van der Waals surface area (Å²) in [7, 11) is 4.33. The second kappa shape index (κ2) is 10.8. The van der Waals surface area contributed by atoms with Crippen LogP contribution in [0.2, 0.25) is 0 Å². The molecule has 1 aromatic heterocycles. The van der Waals surface area contributed by atoms with Crippen LogP contribution in [-0.4, -0.2) is 63.3 Å². The number of hydrogen-bond acceptors (Lipinski definition) is 4. The Morgan fingerprint density at radius 1 is 1.31 bits per heavy atom. The van der Waals surface area contributed by atoms with Gasteiger partial charge in [-0.2, -0.15) is 0 Å². The Bertz CT molecular complexity index is 540. The lowest BCUT2D eigenvalue weighted by atomic mass is 9.88. The van der Waals surface area contributed by atoms with Crippen molar-refractivity contribution < 1.29 is 4.74 Å². The third-order valence-corrected chi connectivity index (χ3v) is 6.36. The molecule has 0 radical (unpaired) electrons. The largest absolute Gasteiger partial charge is 0.381 e. The first-order chi connectivity index (χ1) is 11.9. The van der Waals surface area contributed by atoms with Gasteiger partial charge < -0.3 is 20.3 Å². The smallest absolute Gasteiger partial charge is 0.191 e. The van der Waals surface area contributed by atoms with Crippen molar-refractivity contribution in [3.8, 4) is 0 Å². The van der Waals surface area contributed by atoms with Gasteiger partial charge in [0.25, 0.3) is 0 Å². The van der Waals surface area contributed by atoms with Crippen molar-refractivity contribution in [2.75, 3.05) is 46.9 Å².